The van der Waals surface area contributed by atoms with Crippen LogP contribution in [-0.2, 0) is 25.8 Å². The number of halogens is 4. The minimum absolute atomic E-state index is 0. The Labute approximate surface area is 463 Å². The Hall–Kier alpha value is -5.47. The molecule has 0 unspecified atom stereocenters. The van der Waals surface area contributed by atoms with E-state index in [9.17, 15) is 8.78 Å². The van der Waals surface area contributed by atoms with E-state index in [1.54, 1.807) is 62.0 Å². The van der Waals surface area contributed by atoms with Crippen molar-refractivity contribution in [1.82, 2.24) is 29.1 Å². The second kappa shape index (κ2) is 31.9. The average molecular weight is 1120 g/mol. The maximum absolute atomic E-state index is 13.0. The molecule has 3 N–H and O–H groups in total. The molecular weight excluding hydrogens is 1050 g/mol. The fraction of sp³-hybridized carbons (Fsp3) is 0.351. The Bertz CT molecular complexity index is 2720. The Morgan fingerprint density at radius 1 is 0.597 bits per heavy atom. The summed E-state index contributed by atoms with van der Waals surface area (Å²) in [6.07, 6.45) is 18.8. The second-order valence-electron chi connectivity index (χ2n) is 21.2. The van der Waals surface area contributed by atoms with Crippen LogP contribution in [0.2, 0.25) is 0 Å². The average Bonchev–Trinajstić information content (AvgIpc) is 4.11. The van der Waals surface area contributed by atoms with Crippen LogP contribution in [0.4, 0.5) is 25.8 Å². The van der Waals surface area contributed by atoms with Gasteiger partial charge < -0.3 is 43.8 Å². The fourth-order valence-electron chi connectivity index (χ4n) is 6.33. The van der Waals surface area contributed by atoms with Gasteiger partial charge in [0, 0.05) is 48.2 Å². The minimum Gasteiger partial charge on any atom is -1.00 e. The summed E-state index contributed by atoms with van der Waals surface area (Å²) in [5, 5.41) is 0. The van der Waals surface area contributed by atoms with Crippen molar-refractivity contribution in [1.29, 1.82) is 0 Å². The van der Waals surface area contributed by atoms with Crippen molar-refractivity contribution in [2.75, 3.05) is 0 Å². The topological polar surface area (TPSA) is 103 Å². The summed E-state index contributed by atoms with van der Waals surface area (Å²) in [6.45, 7) is 50.9. The Balaban J connectivity index is 0.000000881. The van der Waals surface area contributed by atoms with E-state index in [0.717, 1.165) is 46.2 Å². The van der Waals surface area contributed by atoms with Crippen molar-refractivity contribution in [2.24, 2.45) is 27.4 Å². The van der Waals surface area contributed by atoms with E-state index >= 15 is 0 Å². The third kappa shape index (κ3) is 27.9. The van der Waals surface area contributed by atoms with Gasteiger partial charge in [-0.1, -0.05) is 147 Å². The van der Waals surface area contributed by atoms with Crippen molar-refractivity contribution in [3.63, 3.8) is 0 Å². The monoisotopic (exact) mass is 1110 g/mol. The van der Waals surface area contributed by atoms with Gasteiger partial charge in [-0.25, -0.2) is 38.3 Å². The van der Waals surface area contributed by atoms with Crippen molar-refractivity contribution in [2.45, 2.75) is 109 Å². The van der Waals surface area contributed by atoms with Gasteiger partial charge in [0.05, 0.1) is 50.1 Å². The van der Waals surface area contributed by atoms with Gasteiger partial charge in [0.2, 0.25) is 17.1 Å². The smallest absolute Gasteiger partial charge is 1.00 e. The number of hydrogen-bond donors (Lipinski definition) is 2. The normalized spacial score (nSPS) is 10.5. The summed E-state index contributed by atoms with van der Waals surface area (Å²) in [4.78, 5) is 24.2. The molecule has 72 heavy (non-hydrogen) atoms. The first-order valence-corrected chi connectivity index (χ1v) is 23.5. The molecule has 0 aliphatic heterocycles. The maximum Gasteiger partial charge on any atom is 2.00 e. The molecule has 4 aromatic carbocycles. The quantitative estimate of drug-likeness (QED) is 0.128. The number of nitrogens with two attached hydrogens (primary N) is 1. The molecule has 7 aromatic rings. The van der Waals surface area contributed by atoms with E-state index < -0.39 is 11.6 Å². The molecule has 3 aromatic heterocycles. The molecule has 0 saturated carbocycles. The maximum atomic E-state index is 13.0. The predicted molar refractivity (Wildman–Crippen MR) is 293 cm³/mol. The first-order chi connectivity index (χ1) is 32.6. The molecule has 0 fully saturated rings. The number of aromatic nitrogens is 6. The van der Waals surface area contributed by atoms with Crippen molar-refractivity contribution >= 4 is 56.0 Å². The number of imidazole rings is 3. The first-order valence-electron chi connectivity index (χ1n) is 22.7. The zero-order valence-electron chi connectivity index (χ0n) is 44.0. The molecule has 3 heterocycles. The molecule has 0 aliphatic rings. The molecule has 0 aliphatic carbocycles. The first kappa shape index (κ1) is 66.5. The van der Waals surface area contributed by atoms with Crippen LogP contribution in [0.3, 0.4) is 0 Å². The second-order valence-corrected chi connectivity index (χ2v) is 22.1. The minimum atomic E-state index is -0.474. The summed E-state index contributed by atoms with van der Waals surface area (Å²) >= 11 is 3.13. The summed E-state index contributed by atoms with van der Waals surface area (Å²) in [5.41, 5.74) is 14.4. The number of benzene rings is 4. The number of nitrogens with one attached hydrogen (secondary N) is 1. The molecule has 10 nitrogen and oxygen atoms in total. The van der Waals surface area contributed by atoms with Crippen molar-refractivity contribution in [3.8, 4) is 11.4 Å². The number of rotatable bonds is 6. The molecule has 0 saturated heterocycles. The van der Waals surface area contributed by atoms with Crippen LogP contribution >= 0.6 is 15.9 Å². The zero-order chi connectivity index (χ0) is 52.7. The Morgan fingerprint density at radius 2 is 1.00 bits per heavy atom. The standard InChI is InChI=1S/C15H17N3.C15H21N3.C12H14FN.C7H3BrFN.C5H11.C3H4N2.BrH.Mg/c1-15(2,3)10-12-5-6-14(13(9-12)16-4)18-8-7-17-11-18;1-15(2,3)9-12-4-5-14(13(8-12)10-16)18-7-6-17-11-18;1-12(2,3)8-9-5-6-10(13)11(7-9)14-4;1-10-7-4-5(8)2-3-6(7)9;1-5(2,3)4;1-2-5-3-4-1;;/h5-9,11H,10H2,1-3H3;4-8,11H,9-10,16H2,1-3H3;5-7H,8H2,1-3H3;2-4H;1H2,2-4H3;1-3H,(H,4,5);1H;/q;;;;-1;;;+2/p-1. The third-order valence-corrected chi connectivity index (χ3v) is 9.35. The van der Waals surface area contributed by atoms with Gasteiger partial charge in [0.25, 0.3) is 0 Å². The molecule has 378 valence electrons. The summed E-state index contributed by atoms with van der Waals surface area (Å²) < 4.78 is 30.1. The predicted octanol–water partition coefficient (Wildman–Crippen LogP) is 12.9. The van der Waals surface area contributed by atoms with Gasteiger partial charge in [0.15, 0.2) is 0 Å². The van der Waals surface area contributed by atoms with Crippen LogP contribution in [0.1, 0.15) is 105 Å². The number of H-pyrrole nitrogens is 1. The van der Waals surface area contributed by atoms with E-state index in [4.69, 9.17) is 25.5 Å². The largest absolute Gasteiger partial charge is 2.00 e. The molecular formula is C57H70Br2F2MgN10. The van der Waals surface area contributed by atoms with Crippen LogP contribution in [0, 0.1) is 59.9 Å². The van der Waals surface area contributed by atoms with Crippen molar-refractivity contribution < 1.29 is 25.8 Å². The number of nitrogens with zero attached hydrogens (tertiary/aromatic N) is 8. The van der Waals surface area contributed by atoms with Crippen LogP contribution in [0.15, 0.2) is 133 Å². The van der Waals surface area contributed by atoms with Gasteiger partial charge in [-0.3, -0.25) is 0 Å². The molecule has 15 heteroatoms. The van der Waals surface area contributed by atoms with E-state index in [-0.39, 0.29) is 67.7 Å². The van der Waals surface area contributed by atoms with Gasteiger partial charge in [-0.15, -0.1) is 0 Å². The van der Waals surface area contributed by atoms with Crippen LogP contribution in [0.25, 0.3) is 25.9 Å². The van der Waals surface area contributed by atoms with E-state index in [2.05, 4.69) is 165 Å². The van der Waals surface area contributed by atoms with Gasteiger partial charge in [0.1, 0.15) is 11.6 Å². The summed E-state index contributed by atoms with van der Waals surface area (Å²) in [5.74, 6) is -0.907. The Kier molecular flexibility index (Phi) is 29.4. The fourth-order valence-corrected chi connectivity index (χ4v) is 6.68. The number of aromatic amines is 1. The summed E-state index contributed by atoms with van der Waals surface area (Å²) in [7, 11) is 0. The van der Waals surface area contributed by atoms with Crippen molar-refractivity contribution in [3.05, 3.63) is 208 Å². The van der Waals surface area contributed by atoms with E-state index in [1.807, 2.05) is 33.7 Å². The van der Waals surface area contributed by atoms with Gasteiger partial charge >= 0.3 is 23.1 Å². The number of hydrogen-bond acceptors (Lipinski definition) is 4. The molecule has 7 rings (SSSR count). The molecule has 0 bridgehead atoms. The summed E-state index contributed by atoms with van der Waals surface area (Å²) in [6, 6.07) is 21.6. The zero-order valence-corrected chi connectivity index (χ0v) is 48.6. The van der Waals surface area contributed by atoms with Gasteiger partial charge in [-0.2, -0.15) is 5.41 Å². The molecule has 0 spiro atoms. The SMILES string of the molecule is CC(C)(C)Cc1ccc(-n2ccnc2)c(CN)c1.[Br-].[C-]#[N+]c1cc(Br)ccc1F.[C-]#[N+]c1cc(CC(C)(C)C)ccc1-n1ccnc1.[C-]#[N+]c1cc(CC(C)(C)C)ccc1F.[CH2-]C(C)(C)C.[Mg+2].c1c[nH]cn1. The Morgan fingerprint density at radius 3 is 1.36 bits per heavy atom. The molecule has 0 radical (unpaired) electrons. The molecule has 0 atom stereocenters. The third-order valence-electron chi connectivity index (χ3n) is 8.86. The van der Waals surface area contributed by atoms with E-state index in [0.29, 0.717) is 17.6 Å². The van der Waals surface area contributed by atoms with E-state index in [1.165, 1.54) is 29.3 Å². The van der Waals surface area contributed by atoms with Gasteiger partial charge in [-0.05, 0) is 83.0 Å². The van der Waals surface area contributed by atoms with Crippen LogP contribution in [0.5, 0.6) is 0 Å². The van der Waals surface area contributed by atoms with Crippen LogP contribution in [-0.4, -0.2) is 52.1 Å². The van der Waals surface area contributed by atoms with Crippen LogP contribution < -0.4 is 22.7 Å². The molecule has 0 amide bonds.